The van der Waals surface area contributed by atoms with Gasteiger partial charge in [-0.2, -0.15) is 0 Å². The van der Waals surface area contributed by atoms with Gasteiger partial charge in [-0.15, -0.1) is 0 Å². The first-order valence-electron chi connectivity index (χ1n) is 5.44. The van der Waals surface area contributed by atoms with E-state index in [-0.39, 0.29) is 6.04 Å². The third kappa shape index (κ3) is 4.45. The average Bonchev–Trinajstić information content (AvgIpc) is 2.17. The van der Waals surface area contributed by atoms with E-state index < -0.39 is 0 Å². The van der Waals surface area contributed by atoms with Crippen molar-refractivity contribution in [2.24, 2.45) is 0 Å². The number of aromatic nitrogens is 2. The lowest BCUT2D eigenvalue weighted by molar-refractivity contribution is 0.190. The Morgan fingerprint density at radius 3 is 2.88 bits per heavy atom. The molecule has 1 heterocycles. The summed E-state index contributed by atoms with van der Waals surface area (Å²) in [5.41, 5.74) is 0. The summed E-state index contributed by atoms with van der Waals surface area (Å²) in [6.45, 7) is 4.83. The van der Waals surface area contributed by atoms with Gasteiger partial charge in [0.1, 0.15) is 16.2 Å². The molecule has 0 fully saturated rings. The zero-order valence-corrected chi connectivity index (χ0v) is 11.5. The van der Waals surface area contributed by atoms with Crippen LogP contribution in [0.5, 0.6) is 0 Å². The summed E-state index contributed by atoms with van der Waals surface area (Å²) in [4.78, 5) is 8.75. The second-order valence-corrected chi connectivity index (χ2v) is 4.56. The van der Waals surface area contributed by atoms with Crippen LogP contribution in [0.15, 0.2) is 10.7 Å². The summed E-state index contributed by atoms with van der Waals surface area (Å²) in [5, 5.41) is 3.28. The van der Waals surface area contributed by atoms with Gasteiger partial charge in [0.15, 0.2) is 0 Å². The number of halogens is 1. The van der Waals surface area contributed by atoms with E-state index in [2.05, 4.69) is 45.1 Å². The van der Waals surface area contributed by atoms with E-state index in [0.29, 0.717) is 6.61 Å². The van der Waals surface area contributed by atoms with Gasteiger partial charge in [0, 0.05) is 25.6 Å². The summed E-state index contributed by atoms with van der Waals surface area (Å²) in [6, 6.07) is 2.12. The number of hydrogen-bond acceptors (Lipinski definition) is 4. The summed E-state index contributed by atoms with van der Waals surface area (Å²) in [5.74, 6) is 1.71. The van der Waals surface area contributed by atoms with Gasteiger partial charge in [0.2, 0.25) is 0 Å². The van der Waals surface area contributed by atoms with Crippen molar-refractivity contribution >= 4 is 21.7 Å². The number of methoxy groups -OCH3 is 1. The summed E-state index contributed by atoms with van der Waals surface area (Å²) in [6.07, 6.45) is 1.94. The molecule has 0 radical (unpaired) electrons. The molecule has 5 heteroatoms. The minimum absolute atomic E-state index is 0.237. The van der Waals surface area contributed by atoms with E-state index in [9.17, 15) is 0 Å². The third-order valence-corrected chi connectivity index (χ3v) is 2.43. The molecular weight excluding hydrogens is 270 g/mol. The molecule has 1 aromatic rings. The normalized spacial score (nSPS) is 12.5. The minimum atomic E-state index is 0.237. The highest BCUT2D eigenvalue weighted by Gasteiger charge is 2.05. The average molecular weight is 288 g/mol. The van der Waals surface area contributed by atoms with Crippen molar-refractivity contribution in [1.82, 2.24) is 9.97 Å². The zero-order valence-electron chi connectivity index (χ0n) is 9.96. The van der Waals surface area contributed by atoms with Crippen LogP contribution < -0.4 is 5.32 Å². The molecule has 16 heavy (non-hydrogen) atoms. The number of anilines is 1. The van der Waals surface area contributed by atoms with Gasteiger partial charge in [0.25, 0.3) is 0 Å². The van der Waals surface area contributed by atoms with Gasteiger partial charge >= 0.3 is 0 Å². The van der Waals surface area contributed by atoms with Gasteiger partial charge in [-0.25, -0.2) is 9.97 Å². The van der Waals surface area contributed by atoms with E-state index in [4.69, 9.17) is 4.74 Å². The molecule has 0 spiro atoms. The van der Waals surface area contributed by atoms with Gasteiger partial charge in [0.05, 0.1) is 6.61 Å². The molecule has 0 aliphatic rings. The Kier molecular flexibility index (Phi) is 5.69. The van der Waals surface area contributed by atoms with Crippen LogP contribution in [0.4, 0.5) is 5.82 Å². The van der Waals surface area contributed by atoms with Crippen molar-refractivity contribution in [3.05, 3.63) is 16.5 Å². The molecule has 1 unspecified atom stereocenters. The molecule has 0 amide bonds. The number of hydrogen-bond donors (Lipinski definition) is 1. The Balaban J connectivity index is 2.71. The fourth-order valence-electron chi connectivity index (χ4n) is 1.42. The van der Waals surface area contributed by atoms with E-state index in [1.54, 1.807) is 7.11 Å². The highest BCUT2D eigenvalue weighted by atomic mass is 79.9. The molecule has 0 saturated carbocycles. The van der Waals surface area contributed by atoms with Crippen molar-refractivity contribution < 1.29 is 4.74 Å². The molecule has 1 N–H and O–H groups in total. The third-order valence-electron chi connectivity index (χ3n) is 2.03. The monoisotopic (exact) mass is 287 g/mol. The predicted molar refractivity (Wildman–Crippen MR) is 68.7 cm³/mol. The second-order valence-electron chi connectivity index (χ2n) is 3.74. The predicted octanol–water partition coefficient (Wildman–Crippen LogP) is 2.64. The minimum Gasteiger partial charge on any atom is -0.383 e. The first kappa shape index (κ1) is 13.4. The fourth-order valence-corrected chi connectivity index (χ4v) is 1.84. The topological polar surface area (TPSA) is 47.0 Å². The standard InChI is InChI=1S/C11H18BrN3O/c1-4-5-10-14-9(12)6-11(15-10)13-8(2)7-16-3/h6,8H,4-5,7H2,1-3H3,(H,13,14,15). The van der Waals surface area contributed by atoms with Crippen LogP contribution in [0.3, 0.4) is 0 Å². The lowest BCUT2D eigenvalue weighted by Gasteiger charge is -2.14. The zero-order chi connectivity index (χ0) is 12.0. The number of rotatable bonds is 6. The van der Waals surface area contributed by atoms with Crippen LogP contribution in [-0.4, -0.2) is 29.7 Å². The van der Waals surface area contributed by atoms with Crippen LogP contribution in [-0.2, 0) is 11.2 Å². The Hall–Kier alpha value is -0.680. The Bertz CT molecular complexity index is 333. The van der Waals surface area contributed by atoms with E-state index in [1.165, 1.54) is 0 Å². The molecule has 0 aliphatic heterocycles. The van der Waals surface area contributed by atoms with Crippen LogP contribution in [0, 0.1) is 0 Å². The summed E-state index contributed by atoms with van der Waals surface area (Å²) < 4.78 is 5.88. The molecule has 0 aromatic carbocycles. The van der Waals surface area contributed by atoms with E-state index >= 15 is 0 Å². The smallest absolute Gasteiger partial charge is 0.132 e. The molecule has 0 aliphatic carbocycles. The Labute approximate surface area is 105 Å². The molecule has 0 bridgehead atoms. The van der Waals surface area contributed by atoms with E-state index in [0.717, 1.165) is 29.1 Å². The number of ether oxygens (including phenoxy) is 1. The summed E-state index contributed by atoms with van der Waals surface area (Å²) in [7, 11) is 1.69. The van der Waals surface area contributed by atoms with Crippen molar-refractivity contribution in [3.63, 3.8) is 0 Å². The largest absolute Gasteiger partial charge is 0.383 e. The van der Waals surface area contributed by atoms with Crippen LogP contribution in [0.2, 0.25) is 0 Å². The number of nitrogens with one attached hydrogen (secondary N) is 1. The number of aryl methyl sites for hydroxylation is 1. The van der Waals surface area contributed by atoms with Crippen LogP contribution >= 0.6 is 15.9 Å². The van der Waals surface area contributed by atoms with Gasteiger partial charge in [-0.05, 0) is 29.3 Å². The van der Waals surface area contributed by atoms with Crippen molar-refractivity contribution in [2.75, 3.05) is 19.0 Å². The lowest BCUT2D eigenvalue weighted by Crippen LogP contribution is -2.21. The molecule has 0 saturated heterocycles. The SMILES string of the molecule is CCCc1nc(Br)cc(NC(C)COC)n1. The molecule has 1 atom stereocenters. The van der Waals surface area contributed by atoms with Crippen molar-refractivity contribution in [1.29, 1.82) is 0 Å². The quantitative estimate of drug-likeness (QED) is 0.817. The van der Waals surface area contributed by atoms with E-state index in [1.807, 2.05) is 6.07 Å². The van der Waals surface area contributed by atoms with Crippen LogP contribution in [0.25, 0.3) is 0 Å². The highest BCUT2D eigenvalue weighted by Crippen LogP contribution is 2.14. The number of nitrogens with zero attached hydrogens (tertiary/aromatic N) is 2. The first-order chi connectivity index (χ1) is 7.65. The van der Waals surface area contributed by atoms with Crippen LogP contribution in [0.1, 0.15) is 26.1 Å². The highest BCUT2D eigenvalue weighted by molar-refractivity contribution is 9.10. The van der Waals surface area contributed by atoms with Crippen molar-refractivity contribution in [3.8, 4) is 0 Å². The Morgan fingerprint density at radius 1 is 1.50 bits per heavy atom. The molecule has 90 valence electrons. The summed E-state index contributed by atoms with van der Waals surface area (Å²) >= 11 is 3.39. The first-order valence-corrected chi connectivity index (χ1v) is 6.24. The maximum atomic E-state index is 5.07. The second kappa shape index (κ2) is 6.81. The Morgan fingerprint density at radius 2 is 2.25 bits per heavy atom. The maximum absolute atomic E-state index is 5.07. The fraction of sp³-hybridized carbons (Fsp3) is 0.636. The van der Waals surface area contributed by atoms with Gasteiger partial charge < -0.3 is 10.1 Å². The van der Waals surface area contributed by atoms with Gasteiger partial charge in [-0.1, -0.05) is 6.92 Å². The maximum Gasteiger partial charge on any atom is 0.132 e. The molecule has 4 nitrogen and oxygen atoms in total. The molecular formula is C11H18BrN3O. The van der Waals surface area contributed by atoms with Crippen molar-refractivity contribution in [2.45, 2.75) is 32.7 Å². The molecule has 1 aromatic heterocycles. The molecule has 1 rings (SSSR count). The lowest BCUT2D eigenvalue weighted by atomic mass is 10.3. The van der Waals surface area contributed by atoms with Gasteiger partial charge in [-0.3, -0.25) is 0 Å².